The second kappa shape index (κ2) is 9.92. The molecule has 0 saturated heterocycles. The summed E-state index contributed by atoms with van der Waals surface area (Å²) < 4.78 is 16.4. The third-order valence-corrected chi connectivity index (χ3v) is 5.33. The second-order valence-electron chi connectivity index (χ2n) is 7.37. The molecular formula is C26H26N2O4. The molecule has 1 heterocycles. The fourth-order valence-electron chi connectivity index (χ4n) is 3.56. The van der Waals surface area contributed by atoms with Crippen molar-refractivity contribution < 1.29 is 19.0 Å². The molecule has 32 heavy (non-hydrogen) atoms. The Hall–Kier alpha value is -3.93. The summed E-state index contributed by atoms with van der Waals surface area (Å²) in [6.07, 6.45) is 2.72. The molecule has 0 spiro atoms. The van der Waals surface area contributed by atoms with Gasteiger partial charge in [-0.25, -0.2) is 0 Å². The third kappa shape index (κ3) is 4.86. The molecule has 6 heteroatoms. The number of amides is 1. The minimum atomic E-state index is -0.0938. The van der Waals surface area contributed by atoms with Gasteiger partial charge < -0.3 is 24.5 Å². The average Bonchev–Trinajstić information content (AvgIpc) is 3.25. The number of carbonyl (C=O) groups excluding carboxylic acids is 1. The van der Waals surface area contributed by atoms with E-state index in [2.05, 4.69) is 10.3 Å². The number of ether oxygens (including phenoxy) is 3. The average molecular weight is 431 g/mol. The molecule has 4 rings (SSSR count). The van der Waals surface area contributed by atoms with Gasteiger partial charge in [0.1, 0.15) is 12.4 Å². The van der Waals surface area contributed by atoms with Crippen molar-refractivity contribution in [2.24, 2.45) is 0 Å². The largest absolute Gasteiger partial charge is 0.497 e. The number of hydrogen-bond acceptors (Lipinski definition) is 4. The van der Waals surface area contributed by atoms with E-state index in [0.717, 1.165) is 34.2 Å². The molecule has 0 aliphatic carbocycles. The van der Waals surface area contributed by atoms with Crippen LogP contribution in [0.25, 0.3) is 10.9 Å². The molecule has 1 aromatic heterocycles. The number of hydrogen-bond donors (Lipinski definition) is 2. The Morgan fingerprint density at radius 1 is 0.938 bits per heavy atom. The Labute approximate surface area is 187 Å². The van der Waals surface area contributed by atoms with E-state index in [-0.39, 0.29) is 5.91 Å². The standard InChI is InChI=1S/C26H26N2O4/c1-30-21-11-12-22-20(16-28-23(22)15-21)13-14-27-26(29)19-9-7-18(8-10-19)17-32-25-6-4-3-5-24(25)31-2/h3-12,15-16,28H,13-14,17H2,1-2H3,(H,27,29). The van der Waals surface area contributed by atoms with E-state index < -0.39 is 0 Å². The summed E-state index contributed by atoms with van der Waals surface area (Å²) in [6, 6.07) is 20.9. The maximum absolute atomic E-state index is 12.5. The fraction of sp³-hybridized carbons (Fsp3) is 0.192. The molecule has 164 valence electrons. The summed E-state index contributed by atoms with van der Waals surface area (Å²) in [5.74, 6) is 2.10. The van der Waals surface area contributed by atoms with Crippen molar-refractivity contribution in [1.82, 2.24) is 10.3 Å². The first-order valence-corrected chi connectivity index (χ1v) is 10.4. The van der Waals surface area contributed by atoms with Gasteiger partial charge in [0.25, 0.3) is 5.91 Å². The number of nitrogens with one attached hydrogen (secondary N) is 2. The first-order valence-electron chi connectivity index (χ1n) is 10.4. The molecule has 0 saturated carbocycles. The predicted molar refractivity (Wildman–Crippen MR) is 125 cm³/mol. The van der Waals surface area contributed by atoms with Crippen molar-refractivity contribution in [1.29, 1.82) is 0 Å². The van der Waals surface area contributed by atoms with Crippen LogP contribution in [0.1, 0.15) is 21.5 Å². The monoisotopic (exact) mass is 430 g/mol. The number of aromatic nitrogens is 1. The number of aromatic amines is 1. The summed E-state index contributed by atoms with van der Waals surface area (Å²) in [5.41, 5.74) is 3.78. The van der Waals surface area contributed by atoms with Crippen LogP contribution in [0, 0.1) is 0 Å². The van der Waals surface area contributed by atoms with Crippen molar-refractivity contribution in [2.45, 2.75) is 13.0 Å². The van der Waals surface area contributed by atoms with Gasteiger partial charge in [0.05, 0.1) is 14.2 Å². The van der Waals surface area contributed by atoms with Crippen LogP contribution >= 0.6 is 0 Å². The minimum absolute atomic E-state index is 0.0938. The van der Waals surface area contributed by atoms with Crippen LogP contribution in [-0.2, 0) is 13.0 Å². The van der Waals surface area contributed by atoms with E-state index in [1.807, 2.05) is 72.9 Å². The van der Waals surface area contributed by atoms with Crippen LogP contribution < -0.4 is 19.5 Å². The van der Waals surface area contributed by atoms with Crippen molar-refractivity contribution in [3.05, 3.63) is 89.6 Å². The van der Waals surface area contributed by atoms with Gasteiger partial charge in [-0.1, -0.05) is 24.3 Å². The Bertz CT molecular complexity index is 1200. The molecule has 3 aromatic carbocycles. The summed E-state index contributed by atoms with van der Waals surface area (Å²) >= 11 is 0. The molecule has 0 unspecified atom stereocenters. The minimum Gasteiger partial charge on any atom is -0.497 e. The van der Waals surface area contributed by atoms with Gasteiger partial charge in [-0.2, -0.15) is 0 Å². The highest BCUT2D eigenvalue weighted by molar-refractivity contribution is 5.94. The van der Waals surface area contributed by atoms with E-state index in [0.29, 0.717) is 30.2 Å². The molecule has 1 amide bonds. The summed E-state index contributed by atoms with van der Waals surface area (Å²) in [4.78, 5) is 15.8. The molecule has 0 aliphatic heterocycles. The van der Waals surface area contributed by atoms with Crippen molar-refractivity contribution in [3.63, 3.8) is 0 Å². The molecule has 0 fully saturated rings. The summed E-state index contributed by atoms with van der Waals surface area (Å²) in [5, 5.41) is 4.13. The van der Waals surface area contributed by atoms with Gasteiger partial charge in [-0.05, 0) is 53.9 Å². The molecule has 4 aromatic rings. The Kier molecular flexibility index (Phi) is 6.60. The highest BCUT2D eigenvalue weighted by atomic mass is 16.5. The fourth-order valence-corrected chi connectivity index (χ4v) is 3.56. The molecule has 6 nitrogen and oxygen atoms in total. The molecular weight excluding hydrogens is 404 g/mol. The first kappa shape index (κ1) is 21.3. The zero-order valence-corrected chi connectivity index (χ0v) is 18.2. The van der Waals surface area contributed by atoms with Gasteiger partial charge in [-0.15, -0.1) is 0 Å². The molecule has 2 N–H and O–H groups in total. The number of carbonyl (C=O) groups is 1. The smallest absolute Gasteiger partial charge is 0.251 e. The van der Waals surface area contributed by atoms with Crippen LogP contribution in [0.15, 0.2) is 72.9 Å². The summed E-state index contributed by atoms with van der Waals surface area (Å²) in [6.45, 7) is 0.949. The van der Waals surface area contributed by atoms with E-state index in [1.54, 1.807) is 14.2 Å². The van der Waals surface area contributed by atoms with Crippen LogP contribution in [0.2, 0.25) is 0 Å². The lowest BCUT2D eigenvalue weighted by Crippen LogP contribution is -2.25. The highest BCUT2D eigenvalue weighted by Gasteiger charge is 2.09. The third-order valence-electron chi connectivity index (χ3n) is 5.33. The Morgan fingerprint density at radius 3 is 2.47 bits per heavy atom. The SMILES string of the molecule is COc1ccc2c(CCNC(=O)c3ccc(COc4ccccc4OC)cc3)c[nH]c2c1. The highest BCUT2D eigenvalue weighted by Crippen LogP contribution is 2.26. The van der Waals surface area contributed by atoms with Gasteiger partial charge in [0, 0.05) is 35.3 Å². The molecule has 0 atom stereocenters. The Morgan fingerprint density at radius 2 is 1.72 bits per heavy atom. The lowest BCUT2D eigenvalue weighted by molar-refractivity contribution is 0.0954. The number of para-hydroxylation sites is 2. The van der Waals surface area contributed by atoms with Gasteiger partial charge in [-0.3, -0.25) is 4.79 Å². The molecule has 0 radical (unpaired) electrons. The van der Waals surface area contributed by atoms with Gasteiger partial charge in [0.15, 0.2) is 11.5 Å². The lowest BCUT2D eigenvalue weighted by atomic mass is 10.1. The van der Waals surface area contributed by atoms with E-state index in [4.69, 9.17) is 14.2 Å². The van der Waals surface area contributed by atoms with E-state index in [9.17, 15) is 4.79 Å². The van der Waals surface area contributed by atoms with Crippen LogP contribution in [0.4, 0.5) is 0 Å². The zero-order chi connectivity index (χ0) is 22.3. The normalized spacial score (nSPS) is 10.7. The van der Waals surface area contributed by atoms with Gasteiger partial charge in [0.2, 0.25) is 0 Å². The maximum Gasteiger partial charge on any atom is 0.251 e. The van der Waals surface area contributed by atoms with Crippen LogP contribution in [0.3, 0.4) is 0 Å². The summed E-state index contributed by atoms with van der Waals surface area (Å²) in [7, 11) is 3.27. The molecule has 0 aliphatic rings. The second-order valence-corrected chi connectivity index (χ2v) is 7.37. The van der Waals surface area contributed by atoms with E-state index >= 15 is 0 Å². The number of fused-ring (bicyclic) bond motifs is 1. The van der Waals surface area contributed by atoms with Crippen LogP contribution in [0.5, 0.6) is 17.2 Å². The predicted octanol–water partition coefficient (Wildman–Crippen LogP) is 4.74. The van der Waals surface area contributed by atoms with Gasteiger partial charge >= 0.3 is 0 Å². The van der Waals surface area contributed by atoms with E-state index in [1.165, 1.54) is 0 Å². The maximum atomic E-state index is 12.5. The van der Waals surface area contributed by atoms with Crippen LogP contribution in [-0.4, -0.2) is 31.7 Å². The zero-order valence-electron chi connectivity index (χ0n) is 18.2. The topological polar surface area (TPSA) is 72.6 Å². The number of benzene rings is 3. The van der Waals surface area contributed by atoms with Crippen molar-refractivity contribution in [3.8, 4) is 17.2 Å². The van der Waals surface area contributed by atoms with Crippen molar-refractivity contribution in [2.75, 3.05) is 20.8 Å². The lowest BCUT2D eigenvalue weighted by Gasteiger charge is -2.11. The molecule has 0 bridgehead atoms. The van der Waals surface area contributed by atoms with Crippen molar-refractivity contribution >= 4 is 16.8 Å². The Balaban J connectivity index is 1.29. The number of methoxy groups -OCH3 is 2. The number of rotatable bonds is 9. The first-order chi connectivity index (χ1) is 15.7. The quantitative estimate of drug-likeness (QED) is 0.402. The number of H-pyrrole nitrogens is 1.